The molecule has 0 radical (unpaired) electrons. The molecule has 0 unspecified atom stereocenters. The standard InChI is InChI=1S/C17H20N2O4/c18-17(12-20,16(21)19-22)10-13-6-8-15(9-7-13)23-11-14-4-2-1-3-5-14/h1-9,20,22H,10-12,18H2,(H,19,21)/t17-/m0/s1. The molecule has 5 N–H and O–H groups in total. The van der Waals surface area contributed by atoms with Gasteiger partial charge in [-0.2, -0.15) is 0 Å². The minimum Gasteiger partial charge on any atom is -0.489 e. The third-order valence-electron chi connectivity index (χ3n) is 3.53. The molecule has 0 aliphatic carbocycles. The zero-order valence-electron chi connectivity index (χ0n) is 12.6. The quantitative estimate of drug-likeness (QED) is 0.451. The van der Waals surface area contributed by atoms with E-state index in [0.29, 0.717) is 12.4 Å². The summed E-state index contributed by atoms with van der Waals surface area (Å²) in [5.41, 5.74) is 7.53. The van der Waals surface area contributed by atoms with Crippen LogP contribution in [0.15, 0.2) is 54.6 Å². The number of hydrogen-bond donors (Lipinski definition) is 4. The Morgan fingerprint density at radius 2 is 1.74 bits per heavy atom. The van der Waals surface area contributed by atoms with Crippen LogP contribution in [0, 0.1) is 0 Å². The van der Waals surface area contributed by atoms with Crippen molar-refractivity contribution in [2.75, 3.05) is 6.61 Å². The summed E-state index contributed by atoms with van der Waals surface area (Å²) < 4.78 is 5.67. The minimum atomic E-state index is -1.57. The zero-order valence-corrected chi connectivity index (χ0v) is 12.6. The van der Waals surface area contributed by atoms with E-state index in [4.69, 9.17) is 15.7 Å². The van der Waals surface area contributed by atoms with Gasteiger partial charge in [0, 0.05) is 6.42 Å². The van der Waals surface area contributed by atoms with Gasteiger partial charge in [-0.05, 0) is 23.3 Å². The van der Waals surface area contributed by atoms with Crippen molar-refractivity contribution in [1.29, 1.82) is 0 Å². The Kier molecular flexibility index (Phi) is 5.70. The van der Waals surface area contributed by atoms with E-state index in [2.05, 4.69) is 0 Å². The van der Waals surface area contributed by atoms with Crippen LogP contribution in [-0.4, -0.2) is 28.4 Å². The van der Waals surface area contributed by atoms with Crippen LogP contribution in [0.3, 0.4) is 0 Å². The lowest BCUT2D eigenvalue weighted by molar-refractivity contribution is -0.136. The van der Waals surface area contributed by atoms with Gasteiger partial charge in [0.2, 0.25) is 0 Å². The van der Waals surface area contributed by atoms with Gasteiger partial charge >= 0.3 is 0 Å². The lowest BCUT2D eigenvalue weighted by atomic mass is 9.92. The van der Waals surface area contributed by atoms with E-state index in [9.17, 15) is 9.90 Å². The number of ether oxygens (including phenoxy) is 1. The fourth-order valence-corrected chi connectivity index (χ4v) is 2.13. The zero-order chi connectivity index (χ0) is 16.7. The number of aliphatic hydroxyl groups is 1. The average Bonchev–Trinajstić information content (AvgIpc) is 2.61. The topological polar surface area (TPSA) is 105 Å². The number of rotatable bonds is 7. The van der Waals surface area contributed by atoms with Crippen molar-refractivity contribution in [1.82, 2.24) is 5.48 Å². The second-order valence-corrected chi connectivity index (χ2v) is 5.35. The van der Waals surface area contributed by atoms with E-state index < -0.39 is 18.1 Å². The van der Waals surface area contributed by atoms with Crippen LogP contribution in [0.2, 0.25) is 0 Å². The Labute approximate surface area is 134 Å². The van der Waals surface area contributed by atoms with Crippen molar-refractivity contribution >= 4 is 5.91 Å². The Hall–Kier alpha value is -2.41. The number of carbonyl (C=O) groups is 1. The summed E-state index contributed by atoms with van der Waals surface area (Å²) in [4.78, 5) is 11.5. The molecule has 6 heteroatoms. The first-order valence-corrected chi connectivity index (χ1v) is 7.17. The minimum absolute atomic E-state index is 0.0921. The normalized spacial score (nSPS) is 13.2. The molecule has 2 rings (SSSR count). The summed E-state index contributed by atoms with van der Waals surface area (Å²) >= 11 is 0. The maximum Gasteiger partial charge on any atom is 0.266 e. The number of nitrogens with one attached hydrogen (secondary N) is 1. The van der Waals surface area contributed by atoms with Crippen LogP contribution < -0.4 is 16.0 Å². The molecule has 23 heavy (non-hydrogen) atoms. The van der Waals surface area contributed by atoms with Crippen LogP contribution in [0.25, 0.3) is 0 Å². The van der Waals surface area contributed by atoms with E-state index in [0.717, 1.165) is 11.1 Å². The first kappa shape index (κ1) is 17.0. The third-order valence-corrected chi connectivity index (χ3v) is 3.53. The number of hydroxylamine groups is 1. The predicted molar refractivity (Wildman–Crippen MR) is 84.9 cm³/mol. The smallest absolute Gasteiger partial charge is 0.266 e. The number of aliphatic hydroxyl groups excluding tert-OH is 1. The molecule has 0 aliphatic rings. The van der Waals surface area contributed by atoms with Crippen molar-refractivity contribution in [3.63, 3.8) is 0 Å². The fraction of sp³-hybridized carbons (Fsp3) is 0.235. The average molecular weight is 316 g/mol. The Balaban J connectivity index is 1.97. The molecule has 2 aromatic carbocycles. The van der Waals surface area contributed by atoms with Gasteiger partial charge in [0.15, 0.2) is 0 Å². The Morgan fingerprint density at radius 3 is 2.30 bits per heavy atom. The van der Waals surface area contributed by atoms with Gasteiger partial charge in [-0.1, -0.05) is 42.5 Å². The summed E-state index contributed by atoms with van der Waals surface area (Å²) in [6.07, 6.45) is 0.0921. The molecule has 0 saturated heterocycles. The second-order valence-electron chi connectivity index (χ2n) is 5.35. The molecule has 0 fully saturated rings. The molecule has 0 aromatic heterocycles. The van der Waals surface area contributed by atoms with Crippen LogP contribution >= 0.6 is 0 Å². The molecule has 1 amide bonds. The summed E-state index contributed by atoms with van der Waals surface area (Å²) in [5.74, 6) is -0.139. The number of nitrogens with two attached hydrogens (primary N) is 1. The van der Waals surface area contributed by atoms with E-state index in [1.807, 2.05) is 30.3 Å². The van der Waals surface area contributed by atoms with Crippen LogP contribution in [0.1, 0.15) is 11.1 Å². The van der Waals surface area contributed by atoms with Gasteiger partial charge in [0.05, 0.1) is 6.61 Å². The van der Waals surface area contributed by atoms with Gasteiger partial charge in [0.1, 0.15) is 17.9 Å². The van der Waals surface area contributed by atoms with Crippen molar-refractivity contribution in [2.24, 2.45) is 5.73 Å². The highest BCUT2D eigenvalue weighted by atomic mass is 16.5. The molecule has 0 heterocycles. The van der Waals surface area contributed by atoms with Gasteiger partial charge in [-0.3, -0.25) is 10.0 Å². The maximum absolute atomic E-state index is 11.5. The molecular formula is C17H20N2O4. The summed E-state index contributed by atoms with van der Waals surface area (Å²) in [7, 11) is 0. The molecule has 0 bridgehead atoms. The largest absolute Gasteiger partial charge is 0.489 e. The van der Waals surface area contributed by atoms with Gasteiger partial charge in [-0.15, -0.1) is 0 Å². The molecule has 122 valence electrons. The van der Waals surface area contributed by atoms with E-state index in [1.54, 1.807) is 24.3 Å². The fourth-order valence-electron chi connectivity index (χ4n) is 2.13. The molecule has 6 nitrogen and oxygen atoms in total. The van der Waals surface area contributed by atoms with Crippen molar-refractivity contribution in [3.05, 3.63) is 65.7 Å². The number of amides is 1. The Bertz CT molecular complexity index is 631. The van der Waals surface area contributed by atoms with Crippen LogP contribution in [0.5, 0.6) is 5.75 Å². The molecule has 1 atom stereocenters. The van der Waals surface area contributed by atoms with Crippen molar-refractivity contribution in [2.45, 2.75) is 18.6 Å². The monoisotopic (exact) mass is 316 g/mol. The molecule has 0 aliphatic heterocycles. The van der Waals surface area contributed by atoms with E-state index >= 15 is 0 Å². The SMILES string of the molecule is N[C@](CO)(Cc1ccc(OCc2ccccc2)cc1)C(=O)NO. The summed E-state index contributed by atoms with van der Waals surface area (Å²) in [6.45, 7) is -0.115. The highest BCUT2D eigenvalue weighted by molar-refractivity contribution is 5.85. The second kappa shape index (κ2) is 7.73. The number of carbonyl (C=O) groups excluding carboxylic acids is 1. The highest BCUT2D eigenvalue weighted by Gasteiger charge is 2.33. The molecule has 0 saturated carbocycles. The lowest BCUT2D eigenvalue weighted by Gasteiger charge is -2.24. The van der Waals surface area contributed by atoms with Gasteiger partial charge < -0.3 is 15.6 Å². The van der Waals surface area contributed by atoms with Crippen LogP contribution in [-0.2, 0) is 17.8 Å². The van der Waals surface area contributed by atoms with E-state index in [1.165, 1.54) is 5.48 Å². The first-order chi connectivity index (χ1) is 11.1. The van der Waals surface area contributed by atoms with Gasteiger partial charge in [0.25, 0.3) is 5.91 Å². The van der Waals surface area contributed by atoms with Crippen LogP contribution in [0.4, 0.5) is 0 Å². The molecule has 2 aromatic rings. The van der Waals surface area contributed by atoms with Gasteiger partial charge in [-0.25, -0.2) is 5.48 Å². The lowest BCUT2D eigenvalue weighted by Crippen LogP contribution is -2.57. The van der Waals surface area contributed by atoms with Crippen molar-refractivity contribution < 1.29 is 19.8 Å². The first-order valence-electron chi connectivity index (χ1n) is 7.17. The third kappa shape index (κ3) is 4.53. The number of benzene rings is 2. The summed E-state index contributed by atoms with van der Waals surface area (Å²) in [5, 5.41) is 18.0. The molecular weight excluding hydrogens is 296 g/mol. The number of hydrogen-bond acceptors (Lipinski definition) is 5. The van der Waals surface area contributed by atoms with E-state index in [-0.39, 0.29) is 6.42 Å². The molecule has 0 spiro atoms. The predicted octanol–water partition coefficient (Wildman–Crippen LogP) is 1.00. The highest BCUT2D eigenvalue weighted by Crippen LogP contribution is 2.17. The maximum atomic E-state index is 11.5. The summed E-state index contributed by atoms with van der Waals surface area (Å²) in [6, 6.07) is 16.9. The van der Waals surface area contributed by atoms with Crippen molar-refractivity contribution in [3.8, 4) is 5.75 Å². The Morgan fingerprint density at radius 1 is 1.09 bits per heavy atom.